The molecule has 0 unspecified atom stereocenters. The quantitative estimate of drug-likeness (QED) is 0.388. The molecule has 2 aromatic heterocycles. The van der Waals surface area contributed by atoms with Gasteiger partial charge in [0.1, 0.15) is 23.4 Å². The van der Waals surface area contributed by atoms with Crippen LogP contribution in [0.4, 0.5) is 10.1 Å². The van der Waals surface area contributed by atoms with E-state index in [0.717, 1.165) is 22.8 Å². The van der Waals surface area contributed by atoms with Crippen molar-refractivity contribution >= 4 is 23.0 Å². The number of pyridine rings is 1. The Hall–Kier alpha value is -3.91. The zero-order valence-corrected chi connectivity index (χ0v) is 19.5. The van der Waals surface area contributed by atoms with Gasteiger partial charge in [-0.05, 0) is 66.8 Å². The SMILES string of the molecule is COc1ccc(OC)c(N2C(=S)N[C@H](c3ccccn3)[C@H]2c2cccn2-c2cccc(F)c2)c1. The van der Waals surface area contributed by atoms with Crippen molar-refractivity contribution in [3.8, 4) is 17.2 Å². The smallest absolute Gasteiger partial charge is 0.174 e. The van der Waals surface area contributed by atoms with Gasteiger partial charge < -0.3 is 24.3 Å². The van der Waals surface area contributed by atoms with E-state index in [2.05, 4.69) is 10.3 Å². The first kappa shape index (κ1) is 21.9. The fourth-order valence-electron chi connectivity index (χ4n) is 4.40. The number of hydrogen-bond acceptors (Lipinski definition) is 4. The molecule has 5 rings (SSSR count). The van der Waals surface area contributed by atoms with Crippen molar-refractivity contribution < 1.29 is 13.9 Å². The van der Waals surface area contributed by atoms with E-state index in [0.29, 0.717) is 16.6 Å². The van der Waals surface area contributed by atoms with E-state index < -0.39 is 0 Å². The summed E-state index contributed by atoms with van der Waals surface area (Å²) in [4.78, 5) is 6.62. The van der Waals surface area contributed by atoms with Gasteiger partial charge in [0, 0.05) is 29.8 Å². The van der Waals surface area contributed by atoms with Gasteiger partial charge in [0.2, 0.25) is 0 Å². The second kappa shape index (κ2) is 9.15. The normalized spacial score (nSPS) is 17.5. The topological polar surface area (TPSA) is 51.6 Å². The minimum atomic E-state index is -0.304. The molecule has 4 aromatic rings. The molecular formula is C26H23FN4O2S. The lowest BCUT2D eigenvalue weighted by Gasteiger charge is -2.30. The predicted molar refractivity (Wildman–Crippen MR) is 133 cm³/mol. The maximum atomic E-state index is 14.1. The lowest BCUT2D eigenvalue weighted by Crippen LogP contribution is -2.30. The third-order valence-corrected chi connectivity index (χ3v) is 6.23. The highest BCUT2D eigenvalue weighted by Gasteiger charge is 2.43. The summed E-state index contributed by atoms with van der Waals surface area (Å²) in [5.41, 5.74) is 3.23. The molecule has 1 saturated heterocycles. The number of aromatic nitrogens is 2. The lowest BCUT2D eigenvalue weighted by molar-refractivity contribution is 0.402. The molecule has 1 aliphatic rings. The number of ether oxygens (including phenoxy) is 2. The Morgan fingerprint density at radius 2 is 1.85 bits per heavy atom. The maximum absolute atomic E-state index is 14.1. The van der Waals surface area contributed by atoms with Crippen LogP contribution in [0.5, 0.6) is 11.5 Å². The molecule has 3 heterocycles. The zero-order chi connectivity index (χ0) is 23.7. The van der Waals surface area contributed by atoms with E-state index in [1.165, 1.54) is 12.1 Å². The summed E-state index contributed by atoms with van der Waals surface area (Å²) in [6.07, 6.45) is 3.68. The van der Waals surface area contributed by atoms with Crippen molar-refractivity contribution in [3.63, 3.8) is 0 Å². The van der Waals surface area contributed by atoms with Gasteiger partial charge in [-0.3, -0.25) is 4.98 Å². The number of halogens is 1. The fraction of sp³-hybridized carbons (Fsp3) is 0.154. The summed E-state index contributed by atoms with van der Waals surface area (Å²) < 4.78 is 27.2. The van der Waals surface area contributed by atoms with E-state index in [4.69, 9.17) is 21.7 Å². The van der Waals surface area contributed by atoms with Gasteiger partial charge in [-0.15, -0.1) is 0 Å². The van der Waals surface area contributed by atoms with Gasteiger partial charge in [0.25, 0.3) is 0 Å². The van der Waals surface area contributed by atoms with Gasteiger partial charge in [-0.1, -0.05) is 12.1 Å². The first-order chi connectivity index (χ1) is 16.6. The standard InChI is InChI=1S/C26H23FN4O2S/c1-32-19-11-12-23(33-2)22(16-19)31-25(24(29-26(31)34)20-9-3-4-13-28-20)21-10-6-14-30(21)18-8-5-7-17(27)15-18/h3-16,24-25H,1-2H3,(H,29,34)/t24-,25-/m1/s1. The Kier molecular flexibility index (Phi) is 5.90. The summed E-state index contributed by atoms with van der Waals surface area (Å²) >= 11 is 5.84. The number of benzene rings is 2. The molecule has 0 bridgehead atoms. The fourth-order valence-corrected chi connectivity index (χ4v) is 4.73. The third-order valence-electron chi connectivity index (χ3n) is 5.91. The van der Waals surface area contributed by atoms with Crippen LogP contribution >= 0.6 is 12.2 Å². The summed E-state index contributed by atoms with van der Waals surface area (Å²) in [5.74, 6) is 1.03. The molecule has 8 heteroatoms. The van der Waals surface area contributed by atoms with Crippen LogP contribution in [0.15, 0.2) is 85.2 Å². The largest absolute Gasteiger partial charge is 0.497 e. The van der Waals surface area contributed by atoms with Gasteiger partial charge in [0.15, 0.2) is 5.11 Å². The Balaban J connectivity index is 1.71. The van der Waals surface area contributed by atoms with Crippen molar-refractivity contribution in [3.05, 3.63) is 102 Å². The summed E-state index contributed by atoms with van der Waals surface area (Å²) in [7, 11) is 3.24. The summed E-state index contributed by atoms with van der Waals surface area (Å²) in [6, 6.07) is 21.3. The van der Waals surface area contributed by atoms with Crippen LogP contribution in [0.3, 0.4) is 0 Å². The predicted octanol–water partition coefficient (Wildman–Crippen LogP) is 5.21. The second-order valence-electron chi connectivity index (χ2n) is 7.82. The molecule has 1 aliphatic heterocycles. The number of thiocarbonyl (C=S) groups is 1. The van der Waals surface area contributed by atoms with Crippen molar-refractivity contribution in [1.29, 1.82) is 0 Å². The van der Waals surface area contributed by atoms with Crippen LogP contribution in [0.1, 0.15) is 23.5 Å². The molecule has 172 valence electrons. The van der Waals surface area contributed by atoms with E-state index in [-0.39, 0.29) is 17.9 Å². The van der Waals surface area contributed by atoms with Gasteiger partial charge >= 0.3 is 0 Å². The van der Waals surface area contributed by atoms with E-state index >= 15 is 0 Å². The Bertz CT molecular complexity index is 1330. The van der Waals surface area contributed by atoms with Crippen LogP contribution in [-0.2, 0) is 0 Å². The number of hydrogen-bond donors (Lipinski definition) is 1. The molecule has 0 saturated carbocycles. The first-order valence-corrected chi connectivity index (χ1v) is 11.2. The van der Waals surface area contributed by atoms with Crippen molar-refractivity contribution in [2.75, 3.05) is 19.1 Å². The van der Waals surface area contributed by atoms with Crippen molar-refractivity contribution in [2.45, 2.75) is 12.1 Å². The van der Waals surface area contributed by atoms with Crippen LogP contribution in [0.2, 0.25) is 0 Å². The molecule has 1 N–H and O–H groups in total. The molecule has 0 radical (unpaired) electrons. The summed E-state index contributed by atoms with van der Waals surface area (Å²) in [6.45, 7) is 0. The molecule has 0 aliphatic carbocycles. The Morgan fingerprint density at radius 3 is 2.59 bits per heavy atom. The number of nitrogens with zero attached hydrogens (tertiary/aromatic N) is 3. The Morgan fingerprint density at radius 1 is 0.971 bits per heavy atom. The van der Waals surface area contributed by atoms with Gasteiger partial charge in [-0.25, -0.2) is 4.39 Å². The second-order valence-corrected chi connectivity index (χ2v) is 8.20. The highest BCUT2D eigenvalue weighted by Crippen LogP contribution is 2.46. The highest BCUT2D eigenvalue weighted by molar-refractivity contribution is 7.80. The number of nitrogens with one attached hydrogen (secondary N) is 1. The molecule has 0 amide bonds. The number of rotatable bonds is 6. The van der Waals surface area contributed by atoms with Crippen LogP contribution in [-0.4, -0.2) is 28.9 Å². The first-order valence-electron chi connectivity index (χ1n) is 10.8. The van der Waals surface area contributed by atoms with Crippen molar-refractivity contribution in [1.82, 2.24) is 14.9 Å². The average molecular weight is 475 g/mol. The molecular weight excluding hydrogens is 451 g/mol. The van der Waals surface area contributed by atoms with E-state index in [9.17, 15) is 4.39 Å². The average Bonchev–Trinajstić information content (AvgIpc) is 3.48. The van der Waals surface area contributed by atoms with E-state index in [1.54, 1.807) is 26.5 Å². The van der Waals surface area contributed by atoms with Crippen LogP contribution in [0.25, 0.3) is 5.69 Å². The third kappa shape index (κ3) is 3.86. The Labute approximate surface area is 202 Å². The monoisotopic (exact) mass is 474 g/mol. The van der Waals surface area contributed by atoms with Crippen LogP contribution in [0, 0.1) is 5.82 Å². The lowest BCUT2D eigenvalue weighted by atomic mass is 10.0. The minimum absolute atomic E-state index is 0.258. The van der Waals surface area contributed by atoms with Crippen molar-refractivity contribution in [2.24, 2.45) is 0 Å². The number of anilines is 1. The van der Waals surface area contributed by atoms with Gasteiger partial charge in [0.05, 0.1) is 31.6 Å². The highest BCUT2D eigenvalue weighted by atomic mass is 32.1. The maximum Gasteiger partial charge on any atom is 0.174 e. The molecule has 1 fully saturated rings. The molecule has 2 atom stereocenters. The molecule has 0 spiro atoms. The molecule has 6 nitrogen and oxygen atoms in total. The number of methoxy groups -OCH3 is 2. The van der Waals surface area contributed by atoms with E-state index in [1.807, 2.05) is 70.3 Å². The summed E-state index contributed by atoms with van der Waals surface area (Å²) in [5, 5.41) is 3.97. The zero-order valence-electron chi connectivity index (χ0n) is 18.7. The van der Waals surface area contributed by atoms with Crippen LogP contribution < -0.4 is 19.7 Å². The molecule has 34 heavy (non-hydrogen) atoms. The minimum Gasteiger partial charge on any atom is -0.497 e. The van der Waals surface area contributed by atoms with Gasteiger partial charge in [-0.2, -0.15) is 0 Å². The molecule has 2 aromatic carbocycles.